The summed E-state index contributed by atoms with van der Waals surface area (Å²) in [5.74, 6) is 0.233. The Kier molecular flexibility index (Phi) is 4.79. The van der Waals surface area contributed by atoms with Crippen LogP contribution in [0.3, 0.4) is 0 Å². The van der Waals surface area contributed by atoms with Crippen LogP contribution in [0.15, 0.2) is 33.6 Å². The van der Waals surface area contributed by atoms with E-state index in [0.717, 1.165) is 30.8 Å². The number of nitrogens with zero attached hydrogens (tertiary/aromatic N) is 1. The number of phenolic OH excluding ortho intramolecular Hbond substituents is 1. The topological polar surface area (TPSA) is 60.9 Å². The highest BCUT2D eigenvalue weighted by Gasteiger charge is 2.05. The van der Waals surface area contributed by atoms with E-state index in [0.29, 0.717) is 8.95 Å². The Balaban J connectivity index is 1.83. The summed E-state index contributed by atoms with van der Waals surface area (Å²) in [7, 11) is 0. The van der Waals surface area contributed by atoms with E-state index in [-0.39, 0.29) is 5.75 Å². The quantitative estimate of drug-likeness (QED) is 0.705. The third kappa shape index (κ3) is 3.57. The van der Waals surface area contributed by atoms with E-state index in [1.165, 1.54) is 0 Å². The third-order valence-corrected chi connectivity index (χ3v) is 3.74. The zero-order valence-corrected chi connectivity index (χ0v) is 12.8. The molecule has 96 valence electrons. The van der Waals surface area contributed by atoms with E-state index in [9.17, 15) is 5.11 Å². The van der Waals surface area contributed by atoms with Crippen molar-refractivity contribution in [3.05, 3.63) is 44.9 Å². The molecule has 2 aromatic rings. The lowest BCUT2D eigenvalue weighted by atomic mass is 10.2. The van der Waals surface area contributed by atoms with Crippen molar-refractivity contribution in [3.8, 4) is 5.75 Å². The largest absolute Gasteiger partial charge is 0.506 e. The number of H-pyrrole nitrogens is 1. The van der Waals surface area contributed by atoms with Crippen LogP contribution < -0.4 is 5.32 Å². The molecule has 0 atom stereocenters. The zero-order chi connectivity index (χ0) is 13.0. The molecule has 0 amide bonds. The Morgan fingerprint density at radius 3 is 2.61 bits per heavy atom. The first-order valence-corrected chi connectivity index (χ1v) is 7.10. The fourth-order valence-electron chi connectivity index (χ4n) is 1.60. The number of aromatic amines is 1. The second-order valence-corrected chi connectivity index (χ2v) is 5.62. The minimum Gasteiger partial charge on any atom is -0.506 e. The molecule has 0 aliphatic carbocycles. The lowest BCUT2D eigenvalue weighted by molar-refractivity contribution is 0.468. The molecule has 3 N–H and O–H groups in total. The standard InChI is InChI=1S/C12H13Br2N3O/c13-10-3-8(4-11(14)12(10)18)5-15-2-1-9-6-16-7-17-9/h3-4,6-7,15,18H,1-2,5H2,(H,16,17). The average Bonchev–Trinajstić information content (AvgIpc) is 2.84. The van der Waals surface area contributed by atoms with Crippen molar-refractivity contribution < 1.29 is 5.11 Å². The molecule has 0 radical (unpaired) electrons. The Morgan fingerprint density at radius 2 is 2.00 bits per heavy atom. The number of halogens is 2. The molecule has 0 aliphatic heterocycles. The van der Waals surface area contributed by atoms with Gasteiger partial charge >= 0.3 is 0 Å². The van der Waals surface area contributed by atoms with Crippen LogP contribution in [0.25, 0.3) is 0 Å². The fourth-order valence-corrected chi connectivity index (χ4v) is 2.88. The summed E-state index contributed by atoms with van der Waals surface area (Å²) in [5.41, 5.74) is 2.23. The predicted molar refractivity (Wildman–Crippen MR) is 77.5 cm³/mol. The summed E-state index contributed by atoms with van der Waals surface area (Å²) in [4.78, 5) is 7.03. The number of hydrogen-bond acceptors (Lipinski definition) is 3. The van der Waals surface area contributed by atoms with Gasteiger partial charge in [0.25, 0.3) is 0 Å². The number of phenols is 1. The monoisotopic (exact) mass is 373 g/mol. The first-order valence-electron chi connectivity index (χ1n) is 5.51. The van der Waals surface area contributed by atoms with Gasteiger partial charge < -0.3 is 15.4 Å². The van der Waals surface area contributed by atoms with E-state index in [1.54, 1.807) is 6.33 Å². The minimum atomic E-state index is 0.233. The Labute approximate surface area is 122 Å². The third-order valence-electron chi connectivity index (χ3n) is 2.53. The fraction of sp³-hybridized carbons (Fsp3) is 0.250. The van der Waals surface area contributed by atoms with Crippen molar-refractivity contribution >= 4 is 31.9 Å². The van der Waals surface area contributed by atoms with Gasteiger partial charge in [-0.1, -0.05) is 0 Å². The number of hydrogen-bond donors (Lipinski definition) is 3. The number of benzene rings is 1. The van der Waals surface area contributed by atoms with Crippen LogP contribution in [0.4, 0.5) is 0 Å². The van der Waals surface area contributed by atoms with E-state index in [2.05, 4.69) is 47.1 Å². The van der Waals surface area contributed by atoms with Crippen molar-refractivity contribution in [2.75, 3.05) is 6.54 Å². The highest BCUT2D eigenvalue weighted by Crippen LogP contribution is 2.33. The SMILES string of the molecule is Oc1c(Br)cc(CNCCc2cnc[nH]2)cc1Br. The molecule has 2 rings (SSSR count). The second-order valence-electron chi connectivity index (χ2n) is 3.91. The molecule has 0 unspecified atom stereocenters. The summed E-state index contributed by atoms with van der Waals surface area (Å²) in [6, 6.07) is 3.81. The van der Waals surface area contributed by atoms with Crippen molar-refractivity contribution in [2.24, 2.45) is 0 Å². The average molecular weight is 375 g/mol. The number of aromatic hydroxyl groups is 1. The molecule has 0 fully saturated rings. The molecule has 0 saturated carbocycles. The first-order chi connectivity index (χ1) is 8.66. The first kappa shape index (κ1) is 13.6. The Morgan fingerprint density at radius 1 is 1.28 bits per heavy atom. The van der Waals surface area contributed by atoms with Crippen molar-refractivity contribution in [2.45, 2.75) is 13.0 Å². The van der Waals surface area contributed by atoms with Gasteiger partial charge in [-0.05, 0) is 49.6 Å². The van der Waals surface area contributed by atoms with Gasteiger partial charge in [0.2, 0.25) is 0 Å². The van der Waals surface area contributed by atoms with E-state index >= 15 is 0 Å². The maximum absolute atomic E-state index is 9.60. The van der Waals surface area contributed by atoms with Crippen LogP contribution in [0.5, 0.6) is 5.75 Å². The summed E-state index contributed by atoms with van der Waals surface area (Å²) in [6.45, 7) is 1.63. The molecule has 1 aromatic carbocycles. The highest BCUT2D eigenvalue weighted by atomic mass is 79.9. The number of imidazole rings is 1. The maximum atomic E-state index is 9.60. The molecule has 0 bridgehead atoms. The summed E-state index contributed by atoms with van der Waals surface area (Å²) in [5, 5.41) is 12.9. The van der Waals surface area contributed by atoms with Gasteiger partial charge in [-0.15, -0.1) is 0 Å². The van der Waals surface area contributed by atoms with Crippen LogP contribution in [0, 0.1) is 0 Å². The predicted octanol–water partition coefficient (Wildman–Crippen LogP) is 2.97. The smallest absolute Gasteiger partial charge is 0.143 e. The van der Waals surface area contributed by atoms with Crippen molar-refractivity contribution in [3.63, 3.8) is 0 Å². The van der Waals surface area contributed by atoms with Crippen molar-refractivity contribution in [1.29, 1.82) is 0 Å². The lowest BCUT2D eigenvalue weighted by Gasteiger charge is -2.07. The van der Waals surface area contributed by atoms with Crippen LogP contribution in [-0.4, -0.2) is 21.6 Å². The van der Waals surface area contributed by atoms with Crippen LogP contribution in [-0.2, 0) is 13.0 Å². The molecule has 1 aromatic heterocycles. The summed E-state index contributed by atoms with van der Waals surface area (Å²) in [6.07, 6.45) is 4.43. The molecular formula is C12H13Br2N3O. The second kappa shape index (κ2) is 6.36. The van der Waals surface area contributed by atoms with Crippen LogP contribution in [0.2, 0.25) is 0 Å². The number of aromatic nitrogens is 2. The van der Waals surface area contributed by atoms with Crippen LogP contribution >= 0.6 is 31.9 Å². The lowest BCUT2D eigenvalue weighted by Crippen LogP contribution is -2.16. The van der Waals surface area contributed by atoms with Crippen molar-refractivity contribution in [1.82, 2.24) is 15.3 Å². The van der Waals surface area contributed by atoms with E-state index < -0.39 is 0 Å². The van der Waals surface area contributed by atoms with Crippen LogP contribution in [0.1, 0.15) is 11.3 Å². The molecule has 4 nitrogen and oxygen atoms in total. The molecule has 0 saturated heterocycles. The molecule has 6 heteroatoms. The minimum absolute atomic E-state index is 0.233. The number of nitrogens with one attached hydrogen (secondary N) is 2. The molecule has 0 aliphatic rings. The van der Waals surface area contributed by atoms with Gasteiger partial charge in [-0.2, -0.15) is 0 Å². The molecule has 18 heavy (non-hydrogen) atoms. The van der Waals surface area contributed by atoms with Gasteiger partial charge in [0.1, 0.15) is 5.75 Å². The van der Waals surface area contributed by atoms with E-state index in [4.69, 9.17) is 0 Å². The van der Waals surface area contributed by atoms with Gasteiger partial charge in [-0.3, -0.25) is 0 Å². The maximum Gasteiger partial charge on any atom is 0.143 e. The van der Waals surface area contributed by atoms with Gasteiger partial charge in [0.05, 0.1) is 15.3 Å². The van der Waals surface area contributed by atoms with Gasteiger partial charge in [0.15, 0.2) is 0 Å². The van der Waals surface area contributed by atoms with E-state index in [1.807, 2.05) is 18.3 Å². The summed E-state index contributed by atoms with van der Waals surface area (Å²) >= 11 is 6.63. The highest BCUT2D eigenvalue weighted by molar-refractivity contribution is 9.11. The molecule has 1 heterocycles. The van der Waals surface area contributed by atoms with Gasteiger partial charge in [0, 0.05) is 31.4 Å². The normalized spacial score (nSPS) is 10.8. The zero-order valence-electron chi connectivity index (χ0n) is 9.58. The Bertz CT molecular complexity index is 491. The number of rotatable bonds is 5. The Hall–Kier alpha value is -0.850. The molecule has 0 spiro atoms. The van der Waals surface area contributed by atoms with Gasteiger partial charge in [-0.25, -0.2) is 4.98 Å². The summed E-state index contributed by atoms with van der Waals surface area (Å²) < 4.78 is 1.39. The molecular weight excluding hydrogens is 362 g/mol.